The SMILES string of the molecule is O=C(NC1CCCCCC1)C1CCCN(Cc2ccccc2Cl)C1. The van der Waals surface area contributed by atoms with Gasteiger partial charge in [0.25, 0.3) is 0 Å². The number of amides is 1. The Bertz CT molecular complexity index is 540. The third-order valence-corrected chi connectivity index (χ3v) is 5.80. The normalized spacial score (nSPS) is 23.6. The molecule has 1 aromatic rings. The van der Waals surface area contributed by atoms with Crippen molar-refractivity contribution in [1.82, 2.24) is 10.2 Å². The third kappa shape index (κ3) is 4.97. The van der Waals surface area contributed by atoms with Crippen LogP contribution in [0.2, 0.25) is 5.02 Å². The van der Waals surface area contributed by atoms with Gasteiger partial charge in [-0.05, 0) is 43.9 Å². The van der Waals surface area contributed by atoms with Crippen LogP contribution in [0, 0.1) is 5.92 Å². The molecular formula is C20H29ClN2O. The summed E-state index contributed by atoms with van der Waals surface area (Å²) in [5.74, 6) is 0.398. The molecule has 0 spiro atoms. The fourth-order valence-electron chi connectivity index (χ4n) is 4.02. The molecule has 0 bridgehead atoms. The van der Waals surface area contributed by atoms with Crippen LogP contribution in [0.4, 0.5) is 0 Å². The van der Waals surface area contributed by atoms with Crippen LogP contribution in [0.15, 0.2) is 24.3 Å². The number of hydrogen-bond donors (Lipinski definition) is 1. The Balaban J connectivity index is 1.52. The molecule has 1 unspecified atom stereocenters. The molecule has 1 aliphatic carbocycles. The fraction of sp³-hybridized carbons (Fsp3) is 0.650. The molecule has 1 atom stereocenters. The number of likely N-dealkylation sites (tertiary alicyclic amines) is 1. The highest BCUT2D eigenvalue weighted by Gasteiger charge is 2.27. The molecule has 3 nitrogen and oxygen atoms in total. The minimum Gasteiger partial charge on any atom is -0.353 e. The van der Waals surface area contributed by atoms with Gasteiger partial charge in [-0.25, -0.2) is 0 Å². The lowest BCUT2D eigenvalue weighted by atomic mass is 9.95. The molecular weight excluding hydrogens is 320 g/mol. The van der Waals surface area contributed by atoms with Gasteiger partial charge in [0.1, 0.15) is 0 Å². The van der Waals surface area contributed by atoms with Crippen molar-refractivity contribution in [2.24, 2.45) is 5.92 Å². The van der Waals surface area contributed by atoms with Crippen LogP contribution in [0.5, 0.6) is 0 Å². The van der Waals surface area contributed by atoms with Crippen LogP contribution in [-0.2, 0) is 11.3 Å². The quantitative estimate of drug-likeness (QED) is 0.818. The Hall–Kier alpha value is -1.06. The molecule has 1 heterocycles. The molecule has 3 rings (SSSR count). The highest BCUT2D eigenvalue weighted by atomic mass is 35.5. The molecule has 1 saturated heterocycles. The Labute approximate surface area is 150 Å². The van der Waals surface area contributed by atoms with E-state index in [4.69, 9.17) is 11.6 Å². The first-order valence-electron chi connectivity index (χ1n) is 9.48. The lowest BCUT2D eigenvalue weighted by molar-refractivity contribution is -0.127. The number of halogens is 1. The molecule has 24 heavy (non-hydrogen) atoms. The average molecular weight is 349 g/mol. The maximum Gasteiger partial charge on any atom is 0.224 e. The van der Waals surface area contributed by atoms with E-state index in [0.29, 0.717) is 6.04 Å². The van der Waals surface area contributed by atoms with Crippen LogP contribution in [0.1, 0.15) is 56.9 Å². The Morgan fingerprint density at radius 2 is 1.83 bits per heavy atom. The molecule has 1 N–H and O–H groups in total. The van der Waals surface area contributed by atoms with Gasteiger partial charge in [-0.3, -0.25) is 9.69 Å². The fourth-order valence-corrected chi connectivity index (χ4v) is 4.22. The molecule has 132 valence electrons. The van der Waals surface area contributed by atoms with Crippen LogP contribution in [0.3, 0.4) is 0 Å². The first-order valence-corrected chi connectivity index (χ1v) is 9.86. The standard InChI is InChI=1S/C20H29ClN2O/c21-19-12-6-5-8-16(19)14-23-13-7-9-17(15-23)20(24)22-18-10-3-1-2-4-11-18/h5-6,8,12,17-18H,1-4,7,9-11,13-15H2,(H,22,24). The van der Waals surface area contributed by atoms with Gasteiger partial charge in [-0.15, -0.1) is 0 Å². The van der Waals surface area contributed by atoms with E-state index >= 15 is 0 Å². The summed E-state index contributed by atoms with van der Waals surface area (Å²) in [5.41, 5.74) is 1.16. The van der Waals surface area contributed by atoms with E-state index in [2.05, 4.69) is 16.3 Å². The minimum atomic E-state index is 0.129. The zero-order valence-electron chi connectivity index (χ0n) is 14.5. The average Bonchev–Trinajstić information content (AvgIpc) is 2.86. The van der Waals surface area contributed by atoms with Crippen molar-refractivity contribution in [3.8, 4) is 0 Å². The molecule has 2 aliphatic rings. The van der Waals surface area contributed by atoms with Crippen molar-refractivity contribution in [3.05, 3.63) is 34.9 Å². The van der Waals surface area contributed by atoms with Gasteiger partial charge in [0, 0.05) is 24.2 Å². The number of rotatable bonds is 4. The second kappa shape index (κ2) is 8.87. The van der Waals surface area contributed by atoms with Crippen molar-refractivity contribution in [1.29, 1.82) is 0 Å². The molecule has 2 fully saturated rings. The monoisotopic (exact) mass is 348 g/mol. The Morgan fingerprint density at radius 3 is 2.58 bits per heavy atom. The summed E-state index contributed by atoms with van der Waals surface area (Å²) in [6.45, 7) is 2.75. The smallest absolute Gasteiger partial charge is 0.224 e. The molecule has 1 saturated carbocycles. The number of piperidine rings is 1. The van der Waals surface area contributed by atoms with Gasteiger partial charge in [-0.1, -0.05) is 55.5 Å². The highest BCUT2D eigenvalue weighted by molar-refractivity contribution is 6.31. The lowest BCUT2D eigenvalue weighted by Crippen LogP contribution is -2.45. The minimum absolute atomic E-state index is 0.129. The number of nitrogens with zero attached hydrogens (tertiary/aromatic N) is 1. The number of benzene rings is 1. The molecule has 1 aromatic carbocycles. The van der Waals surface area contributed by atoms with Gasteiger partial charge >= 0.3 is 0 Å². The van der Waals surface area contributed by atoms with Crippen molar-refractivity contribution in [2.75, 3.05) is 13.1 Å². The van der Waals surface area contributed by atoms with Gasteiger partial charge in [0.05, 0.1) is 5.92 Å². The van der Waals surface area contributed by atoms with Crippen molar-refractivity contribution >= 4 is 17.5 Å². The first kappa shape index (κ1) is 17.8. The second-order valence-electron chi connectivity index (χ2n) is 7.36. The zero-order chi connectivity index (χ0) is 16.8. The molecule has 1 amide bonds. The maximum atomic E-state index is 12.7. The molecule has 0 aromatic heterocycles. The molecule has 0 radical (unpaired) electrons. The lowest BCUT2D eigenvalue weighted by Gasteiger charge is -2.33. The molecule has 4 heteroatoms. The van der Waals surface area contributed by atoms with E-state index in [0.717, 1.165) is 55.9 Å². The second-order valence-corrected chi connectivity index (χ2v) is 7.77. The van der Waals surface area contributed by atoms with Crippen molar-refractivity contribution < 1.29 is 4.79 Å². The zero-order valence-corrected chi connectivity index (χ0v) is 15.2. The number of carbonyl (C=O) groups excluding carboxylic acids is 1. The third-order valence-electron chi connectivity index (χ3n) is 5.43. The van der Waals surface area contributed by atoms with Crippen LogP contribution >= 0.6 is 11.6 Å². The summed E-state index contributed by atoms with van der Waals surface area (Å²) in [7, 11) is 0. The van der Waals surface area contributed by atoms with Gasteiger partial charge in [-0.2, -0.15) is 0 Å². The highest BCUT2D eigenvalue weighted by Crippen LogP contribution is 2.23. The summed E-state index contributed by atoms with van der Waals surface area (Å²) in [4.78, 5) is 15.1. The summed E-state index contributed by atoms with van der Waals surface area (Å²) >= 11 is 6.28. The van der Waals surface area contributed by atoms with Crippen LogP contribution in [-0.4, -0.2) is 29.9 Å². The maximum absolute atomic E-state index is 12.7. The number of hydrogen-bond acceptors (Lipinski definition) is 2. The van der Waals surface area contributed by atoms with E-state index in [9.17, 15) is 4.79 Å². The van der Waals surface area contributed by atoms with Gasteiger partial charge in [0.15, 0.2) is 0 Å². The summed E-state index contributed by atoms with van der Waals surface area (Å²) < 4.78 is 0. The van der Waals surface area contributed by atoms with E-state index in [-0.39, 0.29) is 11.8 Å². The topological polar surface area (TPSA) is 32.3 Å². The Morgan fingerprint density at radius 1 is 1.08 bits per heavy atom. The van der Waals surface area contributed by atoms with Crippen molar-refractivity contribution in [2.45, 2.75) is 64.0 Å². The van der Waals surface area contributed by atoms with Gasteiger partial charge < -0.3 is 5.32 Å². The first-order chi connectivity index (χ1) is 11.7. The van der Waals surface area contributed by atoms with Gasteiger partial charge in [0.2, 0.25) is 5.91 Å². The van der Waals surface area contributed by atoms with Crippen molar-refractivity contribution in [3.63, 3.8) is 0 Å². The van der Waals surface area contributed by atoms with E-state index < -0.39 is 0 Å². The van der Waals surface area contributed by atoms with E-state index in [1.165, 1.54) is 25.7 Å². The largest absolute Gasteiger partial charge is 0.353 e. The Kier molecular flexibility index (Phi) is 6.56. The predicted molar refractivity (Wildman–Crippen MR) is 99.1 cm³/mol. The summed E-state index contributed by atoms with van der Waals surface area (Å²) in [6, 6.07) is 8.42. The summed E-state index contributed by atoms with van der Waals surface area (Å²) in [6.07, 6.45) is 9.57. The van der Waals surface area contributed by atoms with Crippen LogP contribution < -0.4 is 5.32 Å². The van der Waals surface area contributed by atoms with E-state index in [1.807, 2.05) is 18.2 Å². The number of carbonyl (C=O) groups is 1. The van der Waals surface area contributed by atoms with Crippen LogP contribution in [0.25, 0.3) is 0 Å². The number of nitrogens with one attached hydrogen (secondary N) is 1. The molecule has 1 aliphatic heterocycles. The predicted octanol–water partition coefficient (Wildman–Crippen LogP) is 4.39. The summed E-state index contributed by atoms with van der Waals surface area (Å²) in [5, 5.41) is 4.15. The van der Waals surface area contributed by atoms with E-state index in [1.54, 1.807) is 0 Å².